The predicted octanol–water partition coefficient (Wildman–Crippen LogP) is 6.12. The smallest absolute Gasteiger partial charge is 0.123 e. The van der Waals surface area contributed by atoms with Gasteiger partial charge in [-0.05, 0) is 68.6 Å². The van der Waals surface area contributed by atoms with Crippen LogP contribution in [0.25, 0.3) is 0 Å². The summed E-state index contributed by atoms with van der Waals surface area (Å²) in [6.07, 6.45) is 10.4. The molecular formula is C26H39NO. The maximum absolute atomic E-state index is 6.40. The zero-order valence-electron chi connectivity index (χ0n) is 18.3. The third-order valence-electron chi connectivity index (χ3n) is 6.73. The Morgan fingerprint density at radius 2 is 2.11 bits per heavy atom. The van der Waals surface area contributed by atoms with E-state index in [1.807, 2.05) is 6.08 Å². The van der Waals surface area contributed by atoms with Crippen LogP contribution in [0.4, 0.5) is 0 Å². The van der Waals surface area contributed by atoms with E-state index in [4.69, 9.17) is 4.74 Å². The summed E-state index contributed by atoms with van der Waals surface area (Å²) in [7, 11) is 0. The van der Waals surface area contributed by atoms with Crippen LogP contribution < -0.4 is 4.74 Å². The van der Waals surface area contributed by atoms with Gasteiger partial charge in [0.05, 0.1) is 6.61 Å². The molecule has 0 saturated heterocycles. The number of benzene rings is 1. The van der Waals surface area contributed by atoms with E-state index < -0.39 is 0 Å². The molecule has 0 radical (unpaired) electrons. The molecule has 2 heteroatoms. The second kappa shape index (κ2) is 9.78. The van der Waals surface area contributed by atoms with Crippen molar-refractivity contribution in [3.63, 3.8) is 0 Å². The molecule has 0 amide bonds. The zero-order valence-corrected chi connectivity index (χ0v) is 18.3. The number of ether oxygens (including phenoxy) is 1. The summed E-state index contributed by atoms with van der Waals surface area (Å²) >= 11 is 0. The molecule has 3 atom stereocenters. The lowest BCUT2D eigenvalue weighted by molar-refractivity contribution is 0.144. The number of allylic oxidation sites excluding steroid dienone is 1. The van der Waals surface area contributed by atoms with Gasteiger partial charge in [-0.15, -0.1) is 6.58 Å². The Morgan fingerprint density at radius 1 is 1.29 bits per heavy atom. The number of rotatable bonds is 4. The van der Waals surface area contributed by atoms with Gasteiger partial charge in [-0.3, -0.25) is 4.90 Å². The van der Waals surface area contributed by atoms with Gasteiger partial charge in [0.2, 0.25) is 0 Å². The molecule has 1 aromatic carbocycles. The monoisotopic (exact) mass is 381 g/mol. The van der Waals surface area contributed by atoms with Crippen molar-refractivity contribution >= 4 is 0 Å². The van der Waals surface area contributed by atoms with Crippen LogP contribution >= 0.6 is 0 Å². The van der Waals surface area contributed by atoms with Crippen molar-refractivity contribution in [3.8, 4) is 5.75 Å². The molecule has 1 heterocycles. The minimum Gasteiger partial charge on any atom is -0.493 e. The predicted molar refractivity (Wildman–Crippen MR) is 120 cm³/mol. The quantitative estimate of drug-likeness (QED) is 0.582. The minimum absolute atomic E-state index is 0.531. The maximum Gasteiger partial charge on any atom is 0.123 e. The third-order valence-corrected chi connectivity index (χ3v) is 6.73. The molecule has 28 heavy (non-hydrogen) atoms. The highest BCUT2D eigenvalue weighted by molar-refractivity contribution is 5.45. The molecule has 0 bridgehead atoms. The van der Waals surface area contributed by atoms with Crippen LogP contribution in [-0.2, 0) is 12.8 Å². The van der Waals surface area contributed by atoms with Gasteiger partial charge in [-0.25, -0.2) is 0 Å². The van der Waals surface area contributed by atoms with E-state index in [2.05, 4.69) is 51.0 Å². The SMILES string of the molecule is C=CCc1cc(C)c2c(c1)OC[C@H](C)CN(C1CCC(CC)C1)CCC(=C)C2. The normalized spacial score (nSPS) is 27.0. The molecule has 1 aromatic rings. The largest absolute Gasteiger partial charge is 0.493 e. The van der Waals surface area contributed by atoms with E-state index in [9.17, 15) is 0 Å². The molecule has 154 valence electrons. The van der Waals surface area contributed by atoms with Gasteiger partial charge in [0.25, 0.3) is 0 Å². The van der Waals surface area contributed by atoms with Crippen LogP contribution in [0, 0.1) is 18.8 Å². The molecular weight excluding hydrogens is 342 g/mol. The number of hydrogen-bond acceptors (Lipinski definition) is 2. The second-order valence-corrected chi connectivity index (χ2v) is 9.21. The fourth-order valence-corrected chi connectivity index (χ4v) is 5.00. The summed E-state index contributed by atoms with van der Waals surface area (Å²) in [5, 5.41) is 0. The van der Waals surface area contributed by atoms with Gasteiger partial charge in [0.1, 0.15) is 5.75 Å². The number of aryl methyl sites for hydroxylation is 1. The van der Waals surface area contributed by atoms with E-state index in [0.29, 0.717) is 5.92 Å². The van der Waals surface area contributed by atoms with E-state index in [1.165, 1.54) is 47.9 Å². The standard InChI is InChI=1S/C26H39NO/c1-6-8-23-14-21(5)25-13-19(3)11-12-27(24-10-9-22(7-2)15-24)17-20(4)18-28-26(25)16-23/h6,14,16,20,22,24H,1,3,7-13,15,17-18H2,2,4-5H3/t20-,22?,24?/m1/s1. The van der Waals surface area contributed by atoms with E-state index in [1.54, 1.807) is 0 Å². The first kappa shape index (κ1) is 21.2. The van der Waals surface area contributed by atoms with Crippen LogP contribution in [-0.4, -0.2) is 30.6 Å². The Hall–Kier alpha value is -1.54. The van der Waals surface area contributed by atoms with E-state index >= 15 is 0 Å². The van der Waals surface area contributed by atoms with Gasteiger partial charge in [0.15, 0.2) is 0 Å². The first-order valence-corrected chi connectivity index (χ1v) is 11.3. The molecule has 1 aliphatic heterocycles. The van der Waals surface area contributed by atoms with E-state index in [-0.39, 0.29) is 0 Å². The van der Waals surface area contributed by atoms with Crippen molar-refractivity contribution < 1.29 is 4.74 Å². The number of nitrogens with zero attached hydrogens (tertiary/aromatic N) is 1. The molecule has 2 unspecified atom stereocenters. The lowest BCUT2D eigenvalue weighted by atomic mass is 9.95. The zero-order chi connectivity index (χ0) is 20.1. The fraction of sp³-hybridized carbons (Fsp3) is 0.615. The average Bonchev–Trinajstić information content (AvgIpc) is 3.14. The topological polar surface area (TPSA) is 12.5 Å². The van der Waals surface area contributed by atoms with Crippen molar-refractivity contribution in [1.82, 2.24) is 4.90 Å². The van der Waals surface area contributed by atoms with E-state index in [0.717, 1.165) is 56.7 Å². The molecule has 0 spiro atoms. The molecule has 1 fully saturated rings. The highest BCUT2D eigenvalue weighted by Gasteiger charge is 2.29. The summed E-state index contributed by atoms with van der Waals surface area (Å²) in [4.78, 5) is 2.75. The first-order chi connectivity index (χ1) is 13.5. The van der Waals surface area contributed by atoms with Gasteiger partial charge in [0, 0.05) is 30.6 Å². The highest BCUT2D eigenvalue weighted by atomic mass is 16.5. The molecule has 0 N–H and O–H groups in total. The first-order valence-electron chi connectivity index (χ1n) is 11.3. The van der Waals surface area contributed by atoms with Gasteiger partial charge < -0.3 is 4.74 Å². The summed E-state index contributed by atoms with van der Waals surface area (Å²) < 4.78 is 6.40. The van der Waals surface area contributed by atoms with Gasteiger partial charge >= 0.3 is 0 Å². The van der Waals surface area contributed by atoms with Crippen LogP contribution in [0.2, 0.25) is 0 Å². The van der Waals surface area contributed by atoms with Crippen molar-refractivity contribution in [2.75, 3.05) is 19.7 Å². The Morgan fingerprint density at radius 3 is 2.82 bits per heavy atom. The molecule has 2 aliphatic rings. The molecule has 1 saturated carbocycles. The molecule has 0 aromatic heterocycles. The average molecular weight is 382 g/mol. The van der Waals surface area contributed by atoms with Gasteiger partial charge in [-0.1, -0.05) is 44.6 Å². The Bertz CT molecular complexity index is 692. The van der Waals surface area contributed by atoms with Crippen molar-refractivity contribution in [2.45, 2.75) is 71.8 Å². The summed E-state index contributed by atoms with van der Waals surface area (Å²) in [6.45, 7) is 18.3. The third kappa shape index (κ3) is 5.29. The summed E-state index contributed by atoms with van der Waals surface area (Å²) in [5.74, 6) is 2.52. The summed E-state index contributed by atoms with van der Waals surface area (Å²) in [5.41, 5.74) is 5.26. The van der Waals surface area contributed by atoms with Crippen molar-refractivity contribution in [3.05, 3.63) is 53.6 Å². The molecule has 2 nitrogen and oxygen atoms in total. The maximum atomic E-state index is 6.40. The van der Waals surface area contributed by atoms with Crippen LogP contribution in [0.5, 0.6) is 5.75 Å². The number of fused-ring (bicyclic) bond motifs is 1. The summed E-state index contributed by atoms with van der Waals surface area (Å²) in [6, 6.07) is 5.27. The Balaban J connectivity index is 1.78. The van der Waals surface area contributed by atoms with Crippen LogP contribution in [0.15, 0.2) is 36.9 Å². The van der Waals surface area contributed by atoms with Crippen molar-refractivity contribution in [2.24, 2.45) is 11.8 Å². The van der Waals surface area contributed by atoms with Gasteiger partial charge in [-0.2, -0.15) is 0 Å². The highest BCUT2D eigenvalue weighted by Crippen LogP contribution is 2.33. The Labute approximate surface area is 172 Å². The van der Waals surface area contributed by atoms with Crippen LogP contribution in [0.3, 0.4) is 0 Å². The van der Waals surface area contributed by atoms with Crippen molar-refractivity contribution in [1.29, 1.82) is 0 Å². The lowest BCUT2D eigenvalue weighted by Gasteiger charge is -2.31. The molecule has 1 aliphatic carbocycles. The molecule has 3 rings (SSSR count). The Kier molecular flexibility index (Phi) is 7.40. The van der Waals surface area contributed by atoms with Crippen LogP contribution in [0.1, 0.15) is 62.6 Å². The number of hydrogen-bond donors (Lipinski definition) is 0. The minimum atomic E-state index is 0.531. The fourth-order valence-electron chi connectivity index (χ4n) is 5.00. The lowest BCUT2D eigenvalue weighted by Crippen LogP contribution is -2.39. The second-order valence-electron chi connectivity index (χ2n) is 9.21.